The number of benzene rings is 4. The Morgan fingerprint density at radius 3 is 2.19 bits per heavy atom. The molecular weight excluding hydrogens is 468 g/mol. The monoisotopic (exact) mass is 492 g/mol. The first kappa shape index (κ1) is 23.8. The number of rotatable bonds is 7. The molecule has 0 radical (unpaired) electrons. The highest BCUT2D eigenvalue weighted by molar-refractivity contribution is 6.34. The molecule has 3 amide bonds. The standard InChI is InChI=1S/C30H24N2O5/c1-19-8-6-9-20(2)28(19)36-18-27(33)31-21-10-7-13-23(16-21)37-24-14-15-25-26(17-24)30(35)32(29(25)34)22-11-4-3-5-12-22/h3-17H,18H2,1-2H3,(H,31,33). The van der Waals surface area contributed by atoms with Gasteiger partial charge in [-0.1, -0.05) is 42.5 Å². The molecule has 0 spiro atoms. The second-order valence-corrected chi connectivity index (χ2v) is 8.68. The highest BCUT2D eigenvalue weighted by Gasteiger charge is 2.36. The number of para-hydroxylation sites is 2. The zero-order chi connectivity index (χ0) is 25.9. The molecule has 0 unspecified atom stereocenters. The molecule has 0 bridgehead atoms. The third-order valence-corrected chi connectivity index (χ3v) is 5.98. The van der Waals surface area contributed by atoms with E-state index < -0.39 is 5.91 Å². The van der Waals surface area contributed by atoms with Gasteiger partial charge in [-0.05, 0) is 67.4 Å². The van der Waals surface area contributed by atoms with Crippen LogP contribution < -0.4 is 19.7 Å². The van der Waals surface area contributed by atoms with E-state index in [1.54, 1.807) is 66.7 Å². The number of nitrogens with one attached hydrogen (secondary N) is 1. The quantitative estimate of drug-likeness (QED) is 0.324. The Bertz CT molecular complexity index is 1490. The minimum absolute atomic E-state index is 0.129. The summed E-state index contributed by atoms with van der Waals surface area (Å²) in [5, 5.41) is 2.81. The zero-order valence-electron chi connectivity index (χ0n) is 20.4. The Balaban J connectivity index is 1.26. The molecule has 0 saturated carbocycles. The Morgan fingerprint density at radius 2 is 1.43 bits per heavy atom. The summed E-state index contributed by atoms with van der Waals surface area (Å²) in [6.07, 6.45) is 0. The molecule has 0 aromatic heterocycles. The van der Waals surface area contributed by atoms with Crippen LogP contribution in [0.5, 0.6) is 17.2 Å². The first-order valence-electron chi connectivity index (χ1n) is 11.8. The average molecular weight is 493 g/mol. The number of carbonyl (C=O) groups excluding carboxylic acids is 3. The van der Waals surface area contributed by atoms with Crippen molar-refractivity contribution in [2.24, 2.45) is 0 Å². The number of amides is 3. The summed E-state index contributed by atoms with van der Waals surface area (Å²) in [7, 11) is 0. The molecule has 0 aliphatic carbocycles. The second-order valence-electron chi connectivity index (χ2n) is 8.68. The van der Waals surface area contributed by atoms with Crippen LogP contribution in [0.4, 0.5) is 11.4 Å². The van der Waals surface area contributed by atoms with Crippen LogP contribution in [0.25, 0.3) is 0 Å². The van der Waals surface area contributed by atoms with Crippen molar-refractivity contribution in [2.45, 2.75) is 13.8 Å². The molecule has 0 fully saturated rings. The van der Waals surface area contributed by atoms with Crippen molar-refractivity contribution in [3.63, 3.8) is 0 Å². The van der Waals surface area contributed by atoms with E-state index >= 15 is 0 Å². The van der Waals surface area contributed by atoms with Crippen LogP contribution in [-0.4, -0.2) is 24.3 Å². The first-order chi connectivity index (χ1) is 17.9. The van der Waals surface area contributed by atoms with Crippen molar-refractivity contribution >= 4 is 29.1 Å². The van der Waals surface area contributed by atoms with Crippen LogP contribution >= 0.6 is 0 Å². The molecule has 5 rings (SSSR count). The molecule has 7 heteroatoms. The van der Waals surface area contributed by atoms with E-state index in [1.807, 2.05) is 38.1 Å². The van der Waals surface area contributed by atoms with Crippen molar-refractivity contribution in [1.82, 2.24) is 0 Å². The van der Waals surface area contributed by atoms with Gasteiger partial charge < -0.3 is 14.8 Å². The Labute approximate surface area is 214 Å². The molecule has 4 aromatic rings. The maximum absolute atomic E-state index is 13.0. The number of hydrogen-bond donors (Lipinski definition) is 1. The molecule has 1 aliphatic heterocycles. The molecule has 0 saturated heterocycles. The summed E-state index contributed by atoms with van der Waals surface area (Å²) in [4.78, 5) is 39.4. The number of fused-ring (bicyclic) bond motifs is 1. The smallest absolute Gasteiger partial charge is 0.266 e. The molecule has 7 nitrogen and oxygen atoms in total. The lowest BCUT2D eigenvalue weighted by atomic mass is 10.1. The lowest BCUT2D eigenvalue weighted by molar-refractivity contribution is -0.118. The van der Waals surface area contributed by atoms with E-state index in [9.17, 15) is 14.4 Å². The van der Waals surface area contributed by atoms with Gasteiger partial charge in [-0.25, -0.2) is 4.90 Å². The lowest BCUT2D eigenvalue weighted by Gasteiger charge is -2.13. The van der Waals surface area contributed by atoms with Crippen LogP contribution in [0.1, 0.15) is 31.8 Å². The van der Waals surface area contributed by atoms with E-state index in [4.69, 9.17) is 9.47 Å². The fraction of sp³-hybridized carbons (Fsp3) is 0.100. The van der Waals surface area contributed by atoms with Crippen molar-refractivity contribution < 1.29 is 23.9 Å². The van der Waals surface area contributed by atoms with Crippen LogP contribution in [0.3, 0.4) is 0 Å². The Morgan fingerprint density at radius 1 is 0.757 bits per heavy atom. The van der Waals surface area contributed by atoms with Gasteiger partial charge in [0.2, 0.25) is 0 Å². The molecule has 1 heterocycles. The predicted molar refractivity (Wildman–Crippen MR) is 141 cm³/mol. The summed E-state index contributed by atoms with van der Waals surface area (Å²) >= 11 is 0. The van der Waals surface area contributed by atoms with Crippen molar-refractivity contribution in [3.8, 4) is 17.2 Å². The Hall–Kier alpha value is -4.91. The normalized spacial score (nSPS) is 12.3. The SMILES string of the molecule is Cc1cccc(C)c1OCC(=O)Nc1cccc(Oc2ccc3c(c2)C(=O)N(c2ccccc2)C3=O)c1. The van der Waals surface area contributed by atoms with Crippen molar-refractivity contribution in [1.29, 1.82) is 0 Å². The number of anilines is 2. The zero-order valence-corrected chi connectivity index (χ0v) is 20.4. The van der Waals surface area contributed by atoms with E-state index in [-0.39, 0.29) is 24.0 Å². The molecule has 1 N–H and O–H groups in total. The van der Waals surface area contributed by atoms with Crippen LogP contribution in [0.15, 0.2) is 91.0 Å². The van der Waals surface area contributed by atoms with Crippen LogP contribution in [0, 0.1) is 13.8 Å². The van der Waals surface area contributed by atoms with Gasteiger partial charge in [-0.2, -0.15) is 0 Å². The summed E-state index contributed by atoms with van der Waals surface area (Å²) in [5.74, 6) is 0.488. The number of ether oxygens (including phenoxy) is 2. The predicted octanol–water partition coefficient (Wildman–Crippen LogP) is 5.91. The van der Waals surface area contributed by atoms with Gasteiger partial charge in [-0.15, -0.1) is 0 Å². The van der Waals surface area contributed by atoms with Gasteiger partial charge in [0.25, 0.3) is 17.7 Å². The third kappa shape index (κ3) is 4.92. The first-order valence-corrected chi connectivity index (χ1v) is 11.8. The van der Waals surface area contributed by atoms with E-state index in [2.05, 4.69) is 5.32 Å². The molecule has 37 heavy (non-hydrogen) atoms. The van der Waals surface area contributed by atoms with Gasteiger partial charge in [0.15, 0.2) is 6.61 Å². The summed E-state index contributed by atoms with van der Waals surface area (Å²) in [6.45, 7) is 3.74. The summed E-state index contributed by atoms with van der Waals surface area (Å²) in [5.41, 5.74) is 3.58. The fourth-order valence-electron chi connectivity index (χ4n) is 4.23. The second kappa shape index (κ2) is 9.99. The number of aryl methyl sites for hydroxylation is 2. The van der Waals surface area contributed by atoms with Gasteiger partial charge in [0, 0.05) is 11.8 Å². The number of carbonyl (C=O) groups is 3. The molecule has 0 atom stereocenters. The van der Waals surface area contributed by atoms with E-state index in [0.717, 1.165) is 16.0 Å². The van der Waals surface area contributed by atoms with Gasteiger partial charge in [0.05, 0.1) is 16.8 Å². The highest BCUT2D eigenvalue weighted by atomic mass is 16.5. The van der Waals surface area contributed by atoms with Crippen LogP contribution in [-0.2, 0) is 4.79 Å². The third-order valence-electron chi connectivity index (χ3n) is 5.98. The van der Waals surface area contributed by atoms with E-state index in [1.165, 1.54) is 0 Å². The maximum Gasteiger partial charge on any atom is 0.266 e. The minimum Gasteiger partial charge on any atom is -0.483 e. The molecular formula is C30H24N2O5. The number of imide groups is 1. The number of hydrogen-bond acceptors (Lipinski definition) is 5. The fourth-order valence-corrected chi connectivity index (χ4v) is 4.23. The lowest BCUT2D eigenvalue weighted by Crippen LogP contribution is -2.29. The van der Waals surface area contributed by atoms with Crippen molar-refractivity contribution in [2.75, 3.05) is 16.8 Å². The Kier molecular flexibility index (Phi) is 6.43. The summed E-state index contributed by atoms with van der Waals surface area (Å²) < 4.78 is 11.7. The van der Waals surface area contributed by atoms with Gasteiger partial charge in [0.1, 0.15) is 17.2 Å². The largest absolute Gasteiger partial charge is 0.483 e. The average Bonchev–Trinajstić information content (AvgIpc) is 3.13. The highest BCUT2D eigenvalue weighted by Crippen LogP contribution is 2.32. The van der Waals surface area contributed by atoms with Crippen molar-refractivity contribution in [3.05, 3.63) is 113 Å². The molecule has 184 valence electrons. The minimum atomic E-state index is -0.401. The van der Waals surface area contributed by atoms with E-state index in [0.29, 0.717) is 34.2 Å². The maximum atomic E-state index is 13.0. The molecule has 4 aromatic carbocycles. The van der Waals surface area contributed by atoms with Crippen LogP contribution in [0.2, 0.25) is 0 Å². The van der Waals surface area contributed by atoms with Gasteiger partial charge in [-0.3, -0.25) is 14.4 Å². The topological polar surface area (TPSA) is 84.9 Å². The summed E-state index contributed by atoms with van der Waals surface area (Å²) in [6, 6.07) is 26.3. The number of nitrogens with zero attached hydrogens (tertiary/aromatic N) is 1. The van der Waals surface area contributed by atoms with Gasteiger partial charge >= 0.3 is 0 Å². The molecule has 1 aliphatic rings.